The van der Waals surface area contributed by atoms with Crippen molar-refractivity contribution in [2.45, 2.75) is 25.7 Å². The Kier molecular flexibility index (Phi) is 6.03. The second-order valence-electron chi connectivity index (χ2n) is 5.26. The quantitative estimate of drug-likeness (QED) is 0.795. The SMILES string of the molecule is CC(C)(CNC1=NCCCN1)c1cccc(F)c1.I. The first-order chi connectivity index (χ1) is 8.58. The van der Waals surface area contributed by atoms with Crippen LogP contribution >= 0.6 is 24.0 Å². The Morgan fingerprint density at radius 2 is 2.21 bits per heavy atom. The highest BCUT2D eigenvalue weighted by atomic mass is 127. The fourth-order valence-corrected chi connectivity index (χ4v) is 1.97. The summed E-state index contributed by atoms with van der Waals surface area (Å²) in [4.78, 5) is 4.36. The van der Waals surface area contributed by atoms with Gasteiger partial charge < -0.3 is 10.6 Å². The van der Waals surface area contributed by atoms with Crippen molar-refractivity contribution in [1.29, 1.82) is 0 Å². The van der Waals surface area contributed by atoms with E-state index in [1.54, 1.807) is 12.1 Å². The van der Waals surface area contributed by atoms with E-state index in [4.69, 9.17) is 0 Å². The zero-order valence-electron chi connectivity index (χ0n) is 11.4. The number of benzene rings is 1. The van der Waals surface area contributed by atoms with E-state index in [0.717, 1.165) is 37.6 Å². The molecule has 0 saturated carbocycles. The average Bonchev–Trinajstić information content (AvgIpc) is 2.38. The number of aliphatic imine (C=N–C) groups is 1. The fourth-order valence-electron chi connectivity index (χ4n) is 1.97. The van der Waals surface area contributed by atoms with Gasteiger partial charge in [0.15, 0.2) is 5.96 Å². The normalized spacial score (nSPS) is 15.0. The first-order valence-electron chi connectivity index (χ1n) is 6.36. The smallest absolute Gasteiger partial charge is 0.191 e. The molecule has 1 aliphatic rings. The lowest BCUT2D eigenvalue weighted by Gasteiger charge is -2.27. The van der Waals surface area contributed by atoms with Gasteiger partial charge in [-0.15, -0.1) is 24.0 Å². The van der Waals surface area contributed by atoms with Crippen molar-refractivity contribution in [3.05, 3.63) is 35.6 Å². The molecule has 0 radical (unpaired) electrons. The van der Waals surface area contributed by atoms with Gasteiger partial charge in [-0.1, -0.05) is 26.0 Å². The topological polar surface area (TPSA) is 36.4 Å². The van der Waals surface area contributed by atoms with Crippen molar-refractivity contribution in [3.63, 3.8) is 0 Å². The zero-order chi connectivity index (χ0) is 13.0. The summed E-state index contributed by atoms with van der Waals surface area (Å²) in [5.41, 5.74) is 0.857. The molecule has 2 N–H and O–H groups in total. The number of nitrogens with one attached hydrogen (secondary N) is 2. The summed E-state index contributed by atoms with van der Waals surface area (Å²) in [7, 11) is 0. The van der Waals surface area contributed by atoms with Crippen LogP contribution in [0.3, 0.4) is 0 Å². The van der Waals surface area contributed by atoms with E-state index < -0.39 is 0 Å². The van der Waals surface area contributed by atoms with Gasteiger partial charge in [-0.3, -0.25) is 4.99 Å². The number of nitrogens with zero attached hydrogens (tertiary/aromatic N) is 1. The van der Waals surface area contributed by atoms with Gasteiger partial charge in [0, 0.05) is 25.0 Å². The van der Waals surface area contributed by atoms with Crippen molar-refractivity contribution < 1.29 is 4.39 Å². The molecular weight excluding hydrogens is 356 g/mol. The third-order valence-corrected chi connectivity index (χ3v) is 3.20. The minimum absolute atomic E-state index is 0. The standard InChI is InChI=1S/C14H20FN3.HI/c1-14(2,11-5-3-6-12(15)9-11)10-18-13-16-7-4-8-17-13;/h3,5-6,9H,4,7-8,10H2,1-2H3,(H2,16,17,18);1H. The predicted octanol–water partition coefficient (Wildman–Crippen LogP) is 2.66. The molecule has 5 heteroatoms. The highest BCUT2D eigenvalue weighted by Crippen LogP contribution is 2.22. The van der Waals surface area contributed by atoms with Gasteiger partial charge in [0.05, 0.1) is 0 Å². The predicted molar refractivity (Wildman–Crippen MR) is 87.8 cm³/mol. The van der Waals surface area contributed by atoms with Gasteiger partial charge in [-0.2, -0.15) is 0 Å². The van der Waals surface area contributed by atoms with Crippen molar-refractivity contribution in [3.8, 4) is 0 Å². The molecule has 1 aromatic rings. The summed E-state index contributed by atoms with van der Waals surface area (Å²) in [5.74, 6) is 0.666. The van der Waals surface area contributed by atoms with Crippen LogP contribution in [0.5, 0.6) is 0 Å². The van der Waals surface area contributed by atoms with Crippen LogP contribution in [0.4, 0.5) is 4.39 Å². The molecule has 0 bridgehead atoms. The van der Waals surface area contributed by atoms with Gasteiger partial charge in [0.25, 0.3) is 0 Å². The lowest BCUT2D eigenvalue weighted by atomic mass is 9.84. The van der Waals surface area contributed by atoms with Gasteiger partial charge >= 0.3 is 0 Å². The molecule has 0 aliphatic carbocycles. The van der Waals surface area contributed by atoms with Crippen LogP contribution in [0, 0.1) is 5.82 Å². The van der Waals surface area contributed by atoms with Gasteiger partial charge in [-0.05, 0) is 24.1 Å². The van der Waals surface area contributed by atoms with Crippen LogP contribution in [0.2, 0.25) is 0 Å². The molecular formula is C14H21FIN3. The summed E-state index contributed by atoms with van der Waals surface area (Å²) in [5, 5.41) is 6.52. The molecule has 0 aromatic heterocycles. The van der Waals surface area contributed by atoms with E-state index in [1.165, 1.54) is 6.07 Å². The second-order valence-corrected chi connectivity index (χ2v) is 5.26. The largest absolute Gasteiger partial charge is 0.356 e. The Labute approximate surface area is 131 Å². The summed E-state index contributed by atoms with van der Waals surface area (Å²) >= 11 is 0. The lowest BCUT2D eigenvalue weighted by Crippen LogP contribution is -2.45. The number of guanidine groups is 1. The lowest BCUT2D eigenvalue weighted by molar-refractivity contribution is 0.500. The molecule has 1 aromatic carbocycles. The van der Waals surface area contributed by atoms with Crippen LogP contribution in [0.15, 0.2) is 29.3 Å². The van der Waals surface area contributed by atoms with Crippen LogP contribution in [0.1, 0.15) is 25.8 Å². The molecule has 0 fully saturated rings. The van der Waals surface area contributed by atoms with Crippen LogP contribution in [-0.2, 0) is 5.41 Å². The van der Waals surface area contributed by atoms with Crippen molar-refractivity contribution in [2.75, 3.05) is 19.6 Å². The van der Waals surface area contributed by atoms with Crippen LogP contribution in [0.25, 0.3) is 0 Å². The summed E-state index contributed by atoms with van der Waals surface area (Å²) < 4.78 is 13.2. The van der Waals surface area contributed by atoms with Gasteiger partial charge in [0.2, 0.25) is 0 Å². The summed E-state index contributed by atoms with van der Waals surface area (Å²) in [6.07, 6.45) is 1.08. The van der Waals surface area contributed by atoms with E-state index in [0.29, 0.717) is 0 Å². The van der Waals surface area contributed by atoms with Crippen molar-refractivity contribution in [2.24, 2.45) is 4.99 Å². The van der Waals surface area contributed by atoms with E-state index in [-0.39, 0.29) is 35.2 Å². The van der Waals surface area contributed by atoms with Crippen molar-refractivity contribution >= 4 is 29.9 Å². The molecule has 3 nitrogen and oxygen atoms in total. The summed E-state index contributed by atoms with van der Waals surface area (Å²) in [6.45, 7) is 6.75. The third kappa shape index (κ3) is 4.63. The minimum Gasteiger partial charge on any atom is -0.356 e. The van der Waals surface area contributed by atoms with Gasteiger partial charge in [-0.25, -0.2) is 4.39 Å². The van der Waals surface area contributed by atoms with E-state index in [1.807, 2.05) is 6.07 Å². The number of hydrogen-bond donors (Lipinski definition) is 2. The fraction of sp³-hybridized carbons (Fsp3) is 0.500. The van der Waals surface area contributed by atoms with Crippen molar-refractivity contribution in [1.82, 2.24) is 10.6 Å². The van der Waals surface area contributed by atoms with Crippen LogP contribution < -0.4 is 10.6 Å². The molecule has 0 atom stereocenters. The molecule has 2 rings (SSSR count). The zero-order valence-corrected chi connectivity index (χ0v) is 13.7. The molecule has 19 heavy (non-hydrogen) atoms. The highest BCUT2D eigenvalue weighted by molar-refractivity contribution is 14.0. The Morgan fingerprint density at radius 1 is 1.42 bits per heavy atom. The molecule has 0 amide bonds. The Balaban J connectivity index is 0.00000180. The molecule has 1 heterocycles. The van der Waals surface area contributed by atoms with Gasteiger partial charge in [0.1, 0.15) is 5.82 Å². The maximum atomic E-state index is 13.2. The average molecular weight is 377 g/mol. The molecule has 0 unspecified atom stereocenters. The first-order valence-corrected chi connectivity index (χ1v) is 6.36. The Hall–Kier alpha value is -0.850. The molecule has 106 valence electrons. The molecule has 0 spiro atoms. The van der Waals surface area contributed by atoms with E-state index in [2.05, 4.69) is 29.5 Å². The highest BCUT2D eigenvalue weighted by Gasteiger charge is 2.21. The Bertz CT molecular complexity index is 446. The summed E-state index contributed by atoms with van der Waals surface area (Å²) in [6, 6.07) is 6.78. The van der Waals surface area contributed by atoms with Crippen LogP contribution in [-0.4, -0.2) is 25.6 Å². The second kappa shape index (κ2) is 7.07. The monoisotopic (exact) mass is 377 g/mol. The minimum atomic E-state index is -0.186. The maximum absolute atomic E-state index is 13.2. The Morgan fingerprint density at radius 3 is 2.84 bits per heavy atom. The number of halogens is 2. The maximum Gasteiger partial charge on any atom is 0.191 e. The number of hydrogen-bond acceptors (Lipinski definition) is 3. The number of rotatable bonds is 3. The van der Waals surface area contributed by atoms with E-state index in [9.17, 15) is 4.39 Å². The molecule has 0 saturated heterocycles. The molecule has 1 aliphatic heterocycles. The first kappa shape index (κ1) is 16.2. The third-order valence-electron chi connectivity index (χ3n) is 3.20. The van der Waals surface area contributed by atoms with E-state index >= 15 is 0 Å².